The second-order valence-electron chi connectivity index (χ2n) is 6.67. The summed E-state index contributed by atoms with van der Waals surface area (Å²) in [5.41, 5.74) is 0.141. The molecule has 7 nitrogen and oxygen atoms in total. The van der Waals surface area contributed by atoms with Crippen molar-refractivity contribution < 1.29 is 24.2 Å². The summed E-state index contributed by atoms with van der Waals surface area (Å²) in [6.45, 7) is 8.40. The van der Waals surface area contributed by atoms with Crippen LogP contribution in [0.5, 0.6) is 0 Å². The second-order valence-corrected chi connectivity index (χ2v) is 7.45. The van der Waals surface area contributed by atoms with Gasteiger partial charge < -0.3 is 20.1 Å². The number of carboxylic acid groups (broad SMARTS) is 1. The first kappa shape index (κ1) is 21.0. The maximum absolute atomic E-state index is 12.4. The second kappa shape index (κ2) is 8.84. The number of ether oxygens (including phenoxy) is 1. The van der Waals surface area contributed by atoms with Gasteiger partial charge in [0.2, 0.25) is 5.91 Å². The van der Waals surface area contributed by atoms with Crippen LogP contribution in [0.25, 0.3) is 0 Å². The van der Waals surface area contributed by atoms with Gasteiger partial charge in [-0.25, -0.2) is 9.59 Å². The summed E-state index contributed by atoms with van der Waals surface area (Å²) in [6, 6.07) is 0.744. The van der Waals surface area contributed by atoms with E-state index in [1.54, 1.807) is 34.6 Å². The third-order valence-corrected chi connectivity index (χ3v) is 4.10. The number of carbonyl (C=O) groups excluding carboxylic acids is 2. The topological polar surface area (TPSA) is 95.9 Å². The summed E-state index contributed by atoms with van der Waals surface area (Å²) in [7, 11) is 0. The quantitative estimate of drug-likeness (QED) is 0.720. The average Bonchev–Trinajstić information content (AvgIpc) is 2.96. The number of carbonyl (C=O) groups is 3. The number of alkyl carbamates (subject to hydrolysis) is 1. The summed E-state index contributed by atoms with van der Waals surface area (Å²) in [5, 5.41) is 15.9. The van der Waals surface area contributed by atoms with Crippen LogP contribution in [0.1, 0.15) is 46.6 Å². The first-order valence-electron chi connectivity index (χ1n) is 8.09. The number of carboxylic acids is 1. The van der Waals surface area contributed by atoms with Crippen molar-refractivity contribution in [1.29, 1.82) is 0 Å². The third kappa shape index (κ3) is 6.74. The highest BCUT2D eigenvalue weighted by Crippen LogP contribution is 2.16. The Kier molecular flexibility index (Phi) is 7.41. The van der Waals surface area contributed by atoms with E-state index in [4.69, 9.17) is 4.74 Å². The standard InChI is InChI=1S/C17H26N2O5S/c1-6-14(20)19(11(2)18-16(23)24-17(3,4)5)13(15(21)22)9-12-7-8-25-10-12/h7-8,10-11,13H,6,9H2,1-5H3,(H,18,23)(H,21,22)/t11?,13-/m1/s1. The lowest BCUT2D eigenvalue weighted by Crippen LogP contribution is -2.57. The van der Waals surface area contributed by atoms with Gasteiger partial charge in [0.05, 0.1) is 0 Å². The predicted octanol–water partition coefficient (Wildman–Crippen LogP) is 2.85. The molecule has 0 spiro atoms. The summed E-state index contributed by atoms with van der Waals surface area (Å²) in [4.78, 5) is 37.3. The Morgan fingerprint density at radius 2 is 2.00 bits per heavy atom. The minimum atomic E-state index is -1.12. The van der Waals surface area contributed by atoms with Gasteiger partial charge >= 0.3 is 12.1 Å². The predicted molar refractivity (Wildman–Crippen MR) is 95.4 cm³/mol. The molecular weight excluding hydrogens is 344 g/mol. The van der Waals surface area contributed by atoms with E-state index >= 15 is 0 Å². The zero-order chi connectivity index (χ0) is 19.2. The zero-order valence-electron chi connectivity index (χ0n) is 15.2. The van der Waals surface area contributed by atoms with Crippen LogP contribution in [0.4, 0.5) is 4.79 Å². The Morgan fingerprint density at radius 1 is 1.36 bits per heavy atom. The van der Waals surface area contributed by atoms with E-state index in [0.717, 1.165) is 5.56 Å². The lowest BCUT2D eigenvalue weighted by molar-refractivity contribution is -0.152. The molecule has 0 saturated carbocycles. The number of nitrogens with zero attached hydrogens (tertiary/aromatic N) is 1. The van der Waals surface area contributed by atoms with Gasteiger partial charge in [-0.1, -0.05) is 6.92 Å². The smallest absolute Gasteiger partial charge is 0.409 e. The molecule has 2 atom stereocenters. The van der Waals surface area contributed by atoms with Crippen LogP contribution in [-0.4, -0.2) is 45.8 Å². The van der Waals surface area contributed by atoms with E-state index in [1.165, 1.54) is 16.2 Å². The Bertz CT molecular complexity index is 595. The molecule has 0 fully saturated rings. The molecule has 8 heteroatoms. The van der Waals surface area contributed by atoms with Crippen LogP contribution in [0, 0.1) is 0 Å². The molecule has 1 aromatic rings. The van der Waals surface area contributed by atoms with Gasteiger partial charge in [0, 0.05) is 12.8 Å². The number of hydrogen-bond acceptors (Lipinski definition) is 5. The van der Waals surface area contributed by atoms with Crippen molar-refractivity contribution in [2.75, 3.05) is 0 Å². The summed E-state index contributed by atoms with van der Waals surface area (Å²) in [5.74, 6) is -1.47. The molecule has 140 valence electrons. The molecule has 0 aliphatic rings. The van der Waals surface area contributed by atoms with Gasteiger partial charge in [-0.2, -0.15) is 11.3 Å². The minimum Gasteiger partial charge on any atom is -0.480 e. The van der Waals surface area contributed by atoms with Gasteiger partial charge in [-0.15, -0.1) is 0 Å². The molecule has 0 aliphatic carbocycles. The van der Waals surface area contributed by atoms with Crippen LogP contribution in [0.2, 0.25) is 0 Å². The van der Waals surface area contributed by atoms with Crippen LogP contribution in [0.3, 0.4) is 0 Å². The minimum absolute atomic E-state index is 0.133. The number of hydrogen-bond donors (Lipinski definition) is 2. The highest BCUT2D eigenvalue weighted by molar-refractivity contribution is 7.07. The number of aliphatic carboxylic acids is 1. The summed E-state index contributed by atoms with van der Waals surface area (Å²) >= 11 is 1.46. The number of nitrogens with one attached hydrogen (secondary N) is 1. The summed E-state index contributed by atoms with van der Waals surface area (Å²) < 4.78 is 5.18. The van der Waals surface area contributed by atoms with Crippen molar-refractivity contribution in [2.45, 2.75) is 65.3 Å². The van der Waals surface area contributed by atoms with E-state index in [-0.39, 0.29) is 18.7 Å². The van der Waals surface area contributed by atoms with Crippen LogP contribution in [-0.2, 0) is 20.7 Å². The molecule has 1 aromatic heterocycles. The molecule has 1 rings (SSSR count). The van der Waals surface area contributed by atoms with E-state index < -0.39 is 29.9 Å². The zero-order valence-corrected chi connectivity index (χ0v) is 16.1. The highest BCUT2D eigenvalue weighted by atomic mass is 32.1. The molecule has 0 bridgehead atoms. The average molecular weight is 370 g/mol. The molecule has 2 N–H and O–H groups in total. The number of amides is 2. The maximum atomic E-state index is 12.4. The van der Waals surface area contributed by atoms with Gasteiger partial charge in [0.1, 0.15) is 17.8 Å². The van der Waals surface area contributed by atoms with Crippen LogP contribution < -0.4 is 5.32 Å². The monoisotopic (exact) mass is 370 g/mol. The Hall–Kier alpha value is -2.09. The normalized spacial score (nSPS) is 13.6. The van der Waals surface area contributed by atoms with Crippen molar-refractivity contribution in [1.82, 2.24) is 10.2 Å². The van der Waals surface area contributed by atoms with Crippen LogP contribution >= 0.6 is 11.3 Å². The van der Waals surface area contributed by atoms with Crippen molar-refractivity contribution in [3.05, 3.63) is 22.4 Å². The molecule has 1 heterocycles. The molecule has 0 aliphatic heterocycles. The van der Waals surface area contributed by atoms with Gasteiger partial charge in [0.25, 0.3) is 0 Å². The van der Waals surface area contributed by atoms with E-state index in [0.29, 0.717) is 0 Å². The van der Waals surface area contributed by atoms with E-state index in [2.05, 4.69) is 5.32 Å². The van der Waals surface area contributed by atoms with Crippen LogP contribution in [0.15, 0.2) is 16.8 Å². The molecule has 25 heavy (non-hydrogen) atoms. The van der Waals surface area contributed by atoms with E-state index in [1.807, 2.05) is 16.8 Å². The third-order valence-electron chi connectivity index (χ3n) is 3.36. The van der Waals surface area contributed by atoms with Gasteiger partial charge in [-0.3, -0.25) is 4.79 Å². The molecule has 2 amide bonds. The summed E-state index contributed by atoms with van der Waals surface area (Å²) in [6.07, 6.45) is -1.21. The molecule has 0 radical (unpaired) electrons. The fraction of sp³-hybridized carbons (Fsp3) is 0.588. The largest absolute Gasteiger partial charge is 0.480 e. The van der Waals surface area contributed by atoms with Gasteiger partial charge in [0.15, 0.2) is 0 Å². The Labute approximate surface area is 152 Å². The van der Waals surface area contributed by atoms with Crippen molar-refractivity contribution in [3.63, 3.8) is 0 Å². The first-order chi connectivity index (χ1) is 11.5. The molecule has 0 saturated heterocycles. The maximum Gasteiger partial charge on any atom is 0.409 e. The lowest BCUT2D eigenvalue weighted by atomic mass is 10.1. The molecule has 1 unspecified atom stereocenters. The highest BCUT2D eigenvalue weighted by Gasteiger charge is 2.34. The first-order valence-corrected chi connectivity index (χ1v) is 9.04. The molecular formula is C17H26N2O5S. The fourth-order valence-corrected chi connectivity index (χ4v) is 3.01. The number of thiophene rings is 1. The van der Waals surface area contributed by atoms with Gasteiger partial charge in [-0.05, 0) is 50.1 Å². The Morgan fingerprint density at radius 3 is 2.44 bits per heavy atom. The van der Waals surface area contributed by atoms with Crippen molar-refractivity contribution in [2.24, 2.45) is 0 Å². The van der Waals surface area contributed by atoms with E-state index in [9.17, 15) is 19.5 Å². The van der Waals surface area contributed by atoms with Crippen molar-refractivity contribution in [3.8, 4) is 0 Å². The van der Waals surface area contributed by atoms with Crippen molar-refractivity contribution >= 4 is 29.3 Å². The molecule has 0 aromatic carbocycles. The number of rotatable bonds is 7. The Balaban J connectivity index is 2.98. The fourth-order valence-electron chi connectivity index (χ4n) is 2.33. The lowest BCUT2D eigenvalue weighted by Gasteiger charge is -2.34. The SMILES string of the molecule is CCC(=O)N(C(C)NC(=O)OC(C)(C)C)[C@H](Cc1ccsc1)C(=O)O.